The van der Waals surface area contributed by atoms with E-state index in [1.54, 1.807) is 5.57 Å². The Balaban J connectivity index is 2.06. The Labute approximate surface area is 131 Å². The minimum Gasteiger partial charge on any atom is -0.366 e. The molecule has 0 spiro atoms. The molecule has 1 saturated heterocycles. The lowest BCUT2D eigenvalue weighted by Crippen LogP contribution is -2.30. The Morgan fingerprint density at radius 3 is 3.00 bits per heavy atom. The van der Waals surface area contributed by atoms with Gasteiger partial charge in [-0.25, -0.2) is 0 Å². The van der Waals surface area contributed by atoms with E-state index in [-0.39, 0.29) is 5.60 Å². The molecular formula is C19H33NO. The molecule has 0 amide bonds. The van der Waals surface area contributed by atoms with Crippen molar-refractivity contribution in [2.45, 2.75) is 64.6 Å². The highest BCUT2D eigenvalue weighted by molar-refractivity contribution is 5.07. The monoisotopic (exact) mass is 291 g/mol. The summed E-state index contributed by atoms with van der Waals surface area (Å²) in [6.45, 7) is 13.1. The SMILES string of the molecule is C=CC(CN(C)CC)C1CC/C(C)=C/CCC2(C)OC2C1. The molecule has 2 nitrogen and oxygen atoms in total. The maximum absolute atomic E-state index is 6.05. The van der Waals surface area contributed by atoms with Crippen LogP contribution in [0, 0.1) is 11.8 Å². The van der Waals surface area contributed by atoms with Gasteiger partial charge >= 0.3 is 0 Å². The van der Waals surface area contributed by atoms with Gasteiger partial charge < -0.3 is 9.64 Å². The normalized spacial score (nSPS) is 37.3. The Morgan fingerprint density at radius 2 is 2.33 bits per heavy atom. The zero-order valence-electron chi connectivity index (χ0n) is 14.4. The molecule has 21 heavy (non-hydrogen) atoms. The lowest BCUT2D eigenvalue weighted by Gasteiger charge is -2.29. The quantitative estimate of drug-likeness (QED) is 0.550. The maximum Gasteiger partial charge on any atom is 0.0923 e. The van der Waals surface area contributed by atoms with E-state index in [4.69, 9.17) is 4.74 Å². The first-order valence-corrected chi connectivity index (χ1v) is 8.63. The summed E-state index contributed by atoms with van der Waals surface area (Å²) >= 11 is 0. The van der Waals surface area contributed by atoms with Crippen molar-refractivity contribution in [3.63, 3.8) is 0 Å². The van der Waals surface area contributed by atoms with Crippen molar-refractivity contribution < 1.29 is 4.74 Å². The fourth-order valence-corrected chi connectivity index (χ4v) is 3.62. The summed E-state index contributed by atoms with van der Waals surface area (Å²) in [6.07, 6.45) is 11.1. The van der Waals surface area contributed by atoms with Crippen molar-refractivity contribution in [3.8, 4) is 0 Å². The number of rotatable bonds is 5. The van der Waals surface area contributed by atoms with Gasteiger partial charge in [-0.2, -0.15) is 0 Å². The van der Waals surface area contributed by atoms with Crippen molar-refractivity contribution in [1.82, 2.24) is 4.90 Å². The number of fused-ring (bicyclic) bond motifs is 1. The van der Waals surface area contributed by atoms with Gasteiger partial charge in [0.15, 0.2) is 0 Å². The van der Waals surface area contributed by atoms with Crippen LogP contribution in [0.15, 0.2) is 24.3 Å². The molecular weight excluding hydrogens is 258 g/mol. The van der Waals surface area contributed by atoms with Crippen LogP contribution in [0.2, 0.25) is 0 Å². The van der Waals surface area contributed by atoms with Gasteiger partial charge in [0.1, 0.15) is 0 Å². The molecule has 1 fully saturated rings. The molecule has 0 bridgehead atoms. The molecule has 0 aromatic heterocycles. The Bertz CT molecular complexity index is 389. The third kappa shape index (κ3) is 4.43. The smallest absolute Gasteiger partial charge is 0.0923 e. The first-order chi connectivity index (χ1) is 9.98. The van der Waals surface area contributed by atoms with Crippen molar-refractivity contribution in [2.75, 3.05) is 20.1 Å². The van der Waals surface area contributed by atoms with Crippen LogP contribution in [0.1, 0.15) is 52.9 Å². The minimum atomic E-state index is 0.148. The van der Waals surface area contributed by atoms with Crippen LogP contribution >= 0.6 is 0 Å². The van der Waals surface area contributed by atoms with Gasteiger partial charge in [-0.1, -0.05) is 24.6 Å². The van der Waals surface area contributed by atoms with E-state index in [0.717, 1.165) is 13.1 Å². The largest absolute Gasteiger partial charge is 0.366 e. The Hall–Kier alpha value is -0.600. The van der Waals surface area contributed by atoms with Crippen LogP contribution in [0.4, 0.5) is 0 Å². The lowest BCUT2D eigenvalue weighted by molar-refractivity contribution is 0.227. The van der Waals surface area contributed by atoms with Crippen molar-refractivity contribution in [2.24, 2.45) is 11.8 Å². The van der Waals surface area contributed by atoms with E-state index in [0.29, 0.717) is 17.9 Å². The molecule has 2 aliphatic rings. The molecule has 2 heteroatoms. The Morgan fingerprint density at radius 1 is 1.57 bits per heavy atom. The Kier molecular flexibility index (Phi) is 5.67. The third-order valence-corrected chi connectivity index (χ3v) is 5.57. The van der Waals surface area contributed by atoms with E-state index in [9.17, 15) is 0 Å². The number of hydrogen-bond acceptors (Lipinski definition) is 2. The molecule has 0 aromatic rings. The lowest BCUT2D eigenvalue weighted by atomic mass is 9.80. The van der Waals surface area contributed by atoms with Crippen LogP contribution in [-0.4, -0.2) is 36.7 Å². The van der Waals surface area contributed by atoms with E-state index >= 15 is 0 Å². The molecule has 0 saturated carbocycles. The number of allylic oxidation sites excluding steroid dienone is 2. The fraction of sp³-hybridized carbons (Fsp3) is 0.789. The van der Waals surface area contributed by atoms with Gasteiger partial charge in [0.05, 0.1) is 11.7 Å². The molecule has 1 aliphatic heterocycles. The maximum atomic E-state index is 6.05. The summed E-state index contributed by atoms with van der Waals surface area (Å²) < 4.78 is 6.05. The summed E-state index contributed by atoms with van der Waals surface area (Å²) in [4.78, 5) is 2.40. The zero-order chi connectivity index (χ0) is 15.5. The van der Waals surface area contributed by atoms with Gasteiger partial charge in [-0.05, 0) is 71.4 Å². The van der Waals surface area contributed by atoms with Crippen molar-refractivity contribution in [1.29, 1.82) is 0 Å². The van der Waals surface area contributed by atoms with Crippen LogP contribution < -0.4 is 0 Å². The predicted octanol–water partition coefficient (Wildman–Crippen LogP) is 4.42. The summed E-state index contributed by atoms with van der Waals surface area (Å²) in [5.74, 6) is 1.28. The van der Waals surface area contributed by atoms with E-state index < -0.39 is 0 Å². The average molecular weight is 291 g/mol. The molecule has 120 valence electrons. The average Bonchev–Trinajstić information content (AvgIpc) is 3.10. The van der Waals surface area contributed by atoms with Crippen molar-refractivity contribution in [3.05, 3.63) is 24.3 Å². The molecule has 0 N–H and O–H groups in total. The summed E-state index contributed by atoms with van der Waals surface area (Å²) in [5, 5.41) is 0. The minimum absolute atomic E-state index is 0.148. The highest BCUT2D eigenvalue weighted by atomic mass is 16.6. The van der Waals surface area contributed by atoms with Crippen LogP contribution in [0.25, 0.3) is 0 Å². The number of hydrogen-bond donors (Lipinski definition) is 0. The second-order valence-corrected chi connectivity index (χ2v) is 7.30. The molecule has 4 unspecified atom stereocenters. The van der Waals surface area contributed by atoms with E-state index in [1.807, 2.05) is 0 Å². The number of epoxide rings is 1. The summed E-state index contributed by atoms with van der Waals surface area (Å²) in [7, 11) is 2.21. The first kappa shape index (κ1) is 16.8. The van der Waals surface area contributed by atoms with Gasteiger partial charge in [-0.15, -0.1) is 6.58 Å². The van der Waals surface area contributed by atoms with E-state index in [2.05, 4.69) is 51.4 Å². The van der Waals surface area contributed by atoms with Gasteiger partial charge in [0, 0.05) is 6.54 Å². The number of ether oxygens (including phenoxy) is 1. The molecule has 1 heterocycles. The first-order valence-electron chi connectivity index (χ1n) is 8.63. The van der Waals surface area contributed by atoms with Crippen LogP contribution in [0.5, 0.6) is 0 Å². The van der Waals surface area contributed by atoms with Gasteiger partial charge in [0.2, 0.25) is 0 Å². The summed E-state index contributed by atoms with van der Waals surface area (Å²) in [5.41, 5.74) is 1.70. The highest BCUT2D eigenvalue weighted by Crippen LogP contribution is 2.46. The zero-order valence-corrected chi connectivity index (χ0v) is 14.4. The predicted molar refractivity (Wildman–Crippen MR) is 90.5 cm³/mol. The van der Waals surface area contributed by atoms with Crippen LogP contribution in [-0.2, 0) is 4.74 Å². The molecule has 0 aromatic carbocycles. The van der Waals surface area contributed by atoms with Crippen molar-refractivity contribution >= 4 is 0 Å². The van der Waals surface area contributed by atoms with E-state index in [1.165, 1.54) is 32.1 Å². The van der Waals surface area contributed by atoms with Crippen LogP contribution in [0.3, 0.4) is 0 Å². The molecule has 2 rings (SSSR count). The number of nitrogens with zero attached hydrogens (tertiary/aromatic N) is 1. The fourth-order valence-electron chi connectivity index (χ4n) is 3.62. The molecule has 0 radical (unpaired) electrons. The molecule has 1 aliphatic carbocycles. The third-order valence-electron chi connectivity index (χ3n) is 5.57. The second kappa shape index (κ2) is 7.11. The van der Waals surface area contributed by atoms with Gasteiger partial charge in [-0.3, -0.25) is 0 Å². The second-order valence-electron chi connectivity index (χ2n) is 7.30. The van der Waals surface area contributed by atoms with Gasteiger partial charge in [0.25, 0.3) is 0 Å². The topological polar surface area (TPSA) is 15.8 Å². The highest BCUT2D eigenvalue weighted by Gasteiger charge is 2.52. The standard InChI is InChI=1S/C19H33NO/c1-6-16(14-20(5)7-2)17-11-10-15(3)9-8-12-19(4)18(13-17)21-19/h6,9,16-18H,1,7-8,10-14H2,2-5H3/b15-9+. The molecule has 4 atom stereocenters. The summed E-state index contributed by atoms with van der Waals surface area (Å²) in [6, 6.07) is 0.